The number of rotatable bonds is 14. The Kier molecular flexibility index (Phi) is 12.7. The predicted octanol–water partition coefficient (Wildman–Crippen LogP) is 1.12. The predicted molar refractivity (Wildman–Crippen MR) is 126 cm³/mol. The average Bonchev–Trinajstić information content (AvgIpc) is 3.24. The summed E-state index contributed by atoms with van der Waals surface area (Å²) in [5, 5.41) is 20.7. The summed E-state index contributed by atoms with van der Waals surface area (Å²) in [5.41, 5.74) is 0. The lowest BCUT2D eigenvalue weighted by Crippen LogP contribution is -2.57. The summed E-state index contributed by atoms with van der Waals surface area (Å²) in [4.78, 5) is 50.0. The van der Waals surface area contributed by atoms with Crippen molar-refractivity contribution < 1.29 is 24.3 Å². The minimum absolute atomic E-state index is 0.0878. The van der Waals surface area contributed by atoms with Crippen LogP contribution in [0.4, 0.5) is 0 Å². The van der Waals surface area contributed by atoms with E-state index in [1.807, 2.05) is 34.0 Å². The first kappa shape index (κ1) is 28.2. The summed E-state index contributed by atoms with van der Waals surface area (Å²) < 4.78 is 0. The maximum atomic E-state index is 13.0. The van der Waals surface area contributed by atoms with Crippen molar-refractivity contribution in [1.29, 1.82) is 0 Å². The quantitative estimate of drug-likeness (QED) is 0.255. The monoisotopic (exact) mass is 472 g/mol. The number of carbonyl (C=O) groups excluding carboxylic acids is 3. The third-order valence-electron chi connectivity index (χ3n) is 5.28. The smallest absolute Gasteiger partial charge is 0.326 e. The second-order valence-corrected chi connectivity index (χ2v) is 10.2. The molecule has 1 fully saturated rings. The fourth-order valence-corrected chi connectivity index (χ4v) is 4.10. The van der Waals surface area contributed by atoms with Gasteiger partial charge < -0.3 is 26.4 Å². The molecule has 32 heavy (non-hydrogen) atoms. The minimum atomic E-state index is -1.10. The normalized spacial score (nSPS) is 18.8. The summed E-state index contributed by atoms with van der Waals surface area (Å²) in [7, 11) is 0. The Labute approximate surface area is 195 Å². The zero-order valence-electron chi connectivity index (χ0n) is 19.9. The Hall–Kier alpha value is -1.81. The topological polar surface area (TPSA) is 137 Å². The van der Waals surface area contributed by atoms with Crippen LogP contribution >= 0.6 is 11.8 Å². The molecule has 0 spiro atoms. The van der Waals surface area contributed by atoms with Crippen LogP contribution in [0.25, 0.3) is 0 Å². The first-order chi connectivity index (χ1) is 15.0. The number of amides is 3. The zero-order chi connectivity index (χ0) is 24.3. The van der Waals surface area contributed by atoms with Gasteiger partial charge in [0.05, 0.1) is 6.04 Å². The third kappa shape index (κ3) is 10.2. The second kappa shape index (κ2) is 14.4. The van der Waals surface area contributed by atoms with E-state index in [4.69, 9.17) is 0 Å². The van der Waals surface area contributed by atoms with Crippen LogP contribution in [-0.4, -0.2) is 71.5 Å². The number of hydrogen-bond acceptors (Lipinski definition) is 6. The lowest BCUT2D eigenvalue weighted by molar-refractivity contribution is -0.143. The van der Waals surface area contributed by atoms with Gasteiger partial charge in [0, 0.05) is 0 Å². The van der Waals surface area contributed by atoms with Gasteiger partial charge in [0.15, 0.2) is 0 Å². The molecule has 1 heterocycles. The van der Waals surface area contributed by atoms with E-state index in [0.29, 0.717) is 25.0 Å². The fraction of sp³-hybridized carbons (Fsp3) is 0.818. The number of aliphatic carboxylic acids is 1. The molecule has 4 atom stereocenters. The molecule has 0 aromatic heterocycles. The summed E-state index contributed by atoms with van der Waals surface area (Å²) >= 11 is 1.57. The van der Waals surface area contributed by atoms with Gasteiger partial charge in [-0.3, -0.25) is 14.4 Å². The molecule has 9 nitrogen and oxygen atoms in total. The second-order valence-electron chi connectivity index (χ2n) is 9.21. The number of hydrogen-bond donors (Lipinski definition) is 5. The van der Waals surface area contributed by atoms with E-state index in [1.54, 1.807) is 11.8 Å². The number of carboxylic acid groups (broad SMARTS) is 1. The molecule has 10 heteroatoms. The summed E-state index contributed by atoms with van der Waals surface area (Å²) in [6.07, 6.45) is 4.66. The summed E-state index contributed by atoms with van der Waals surface area (Å²) in [5.74, 6) is -1.40. The van der Waals surface area contributed by atoms with Crippen molar-refractivity contribution in [3.05, 3.63) is 0 Å². The van der Waals surface area contributed by atoms with Crippen LogP contribution in [0, 0.1) is 11.8 Å². The molecular formula is C22H40N4O5S. The molecule has 0 aromatic carbocycles. The van der Waals surface area contributed by atoms with E-state index in [9.17, 15) is 24.3 Å². The van der Waals surface area contributed by atoms with E-state index in [2.05, 4.69) is 21.3 Å². The summed E-state index contributed by atoms with van der Waals surface area (Å²) in [6, 6.07) is -2.96. The van der Waals surface area contributed by atoms with Crippen molar-refractivity contribution in [2.75, 3.05) is 18.6 Å². The lowest BCUT2D eigenvalue weighted by atomic mass is 10.00. The average molecular weight is 473 g/mol. The molecule has 0 radical (unpaired) electrons. The zero-order valence-corrected chi connectivity index (χ0v) is 20.7. The van der Waals surface area contributed by atoms with Crippen LogP contribution in [0.1, 0.15) is 59.8 Å². The SMILES string of the molecule is CSCCC(NC(=O)C1CCCN1)C(=O)NC(CC(C)C)C(=O)NC(CC(C)C)C(=O)O. The number of carbonyl (C=O) groups is 4. The van der Waals surface area contributed by atoms with E-state index in [1.165, 1.54) is 0 Å². The maximum Gasteiger partial charge on any atom is 0.326 e. The minimum Gasteiger partial charge on any atom is -0.480 e. The van der Waals surface area contributed by atoms with Crippen LogP contribution in [0.5, 0.6) is 0 Å². The highest BCUT2D eigenvalue weighted by Gasteiger charge is 2.31. The highest BCUT2D eigenvalue weighted by atomic mass is 32.2. The van der Waals surface area contributed by atoms with Crippen molar-refractivity contribution in [3.8, 4) is 0 Å². The van der Waals surface area contributed by atoms with Crippen LogP contribution in [0.15, 0.2) is 0 Å². The summed E-state index contributed by atoms with van der Waals surface area (Å²) in [6.45, 7) is 8.39. The van der Waals surface area contributed by atoms with Crippen LogP contribution in [-0.2, 0) is 19.2 Å². The fourth-order valence-electron chi connectivity index (χ4n) is 3.63. The highest BCUT2D eigenvalue weighted by Crippen LogP contribution is 2.11. The molecule has 1 rings (SSSR count). The molecule has 0 aliphatic carbocycles. The molecule has 3 amide bonds. The van der Waals surface area contributed by atoms with Crippen LogP contribution < -0.4 is 21.3 Å². The van der Waals surface area contributed by atoms with Gasteiger partial charge in [-0.05, 0) is 62.5 Å². The molecule has 0 saturated carbocycles. The Morgan fingerprint density at radius 1 is 0.938 bits per heavy atom. The van der Waals surface area contributed by atoms with Gasteiger partial charge in [-0.15, -0.1) is 0 Å². The Bertz CT molecular complexity index is 638. The molecule has 1 aliphatic heterocycles. The Morgan fingerprint density at radius 2 is 1.50 bits per heavy atom. The molecule has 1 saturated heterocycles. The van der Waals surface area contributed by atoms with Gasteiger partial charge in [-0.1, -0.05) is 27.7 Å². The molecule has 0 bridgehead atoms. The van der Waals surface area contributed by atoms with Gasteiger partial charge in [0.25, 0.3) is 0 Å². The van der Waals surface area contributed by atoms with Crippen LogP contribution in [0.3, 0.4) is 0 Å². The Morgan fingerprint density at radius 3 is 2.00 bits per heavy atom. The van der Waals surface area contributed by atoms with Gasteiger partial charge in [-0.2, -0.15) is 11.8 Å². The van der Waals surface area contributed by atoms with E-state index < -0.39 is 35.9 Å². The van der Waals surface area contributed by atoms with Crippen molar-refractivity contribution in [3.63, 3.8) is 0 Å². The van der Waals surface area contributed by atoms with Gasteiger partial charge in [0.1, 0.15) is 18.1 Å². The van der Waals surface area contributed by atoms with Crippen molar-refractivity contribution in [1.82, 2.24) is 21.3 Å². The highest BCUT2D eigenvalue weighted by molar-refractivity contribution is 7.98. The molecular weight excluding hydrogens is 432 g/mol. The first-order valence-corrected chi connectivity index (χ1v) is 12.8. The van der Waals surface area contributed by atoms with Gasteiger partial charge >= 0.3 is 5.97 Å². The van der Waals surface area contributed by atoms with Gasteiger partial charge in [-0.25, -0.2) is 4.79 Å². The first-order valence-electron chi connectivity index (χ1n) is 11.4. The number of carboxylic acids is 1. The Balaban J connectivity index is 2.89. The largest absolute Gasteiger partial charge is 0.480 e. The number of nitrogens with one attached hydrogen (secondary N) is 4. The molecule has 184 valence electrons. The van der Waals surface area contributed by atoms with Crippen molar-refractivity contribution >= 4 is 35.5 Å². The van der Waals surface area contributed by atoms with Crippen LogP contribution in [0.2, 0.25) is 0 Å². The van der Waals surface area contributed by atoms with Gasteiger partial charge in [0.2, 0.25) is 17.7 Å². The van der Waals surface area contributed by atoms with Crippen molar-refractivity contribution in [2.45, 2.75) is 84.0 Å². The van der Waals surface area contributed by atoms with E-state index in [0.717, 1.165) is 19.4 Å². The van der Waals surface area contributed by atoms with Crippen molar-refractivity contribution in [2.24, 2.45) is 11.8 Å². The number of thioether (sulfide) groups is 1. The molecule has 4 unspecified atom stereocenters. The molecule has 5 N–H and O–H groups in total. The third-order valence-corrected chi connectivity index (χ3v) is 5.93. The molecule has 1 aliphatic rings. The standard InChI is InChI=1S/C22H40N4O5S/c1-13(2)11-17(21(29)26-18(22(30)31)12-14(3)4)25-20(28)16(8-10-32-5)24-19(27)15-7-6-9-23-15/h13-18,23H,6-12H2,1-5H3,(H,24,27)(H,25,28)(H,26,29)(H,30,31). The molecule has 0 aromatic rings. The maximum absolute atomic E-state index is 13.0. The van der Waals surface area contributed by atoms with E-state index >= 15 is 0 Å². The lowest BCUT2D eigenvalue weighted by Gasteiger charge is -2.26. The van der Waals surface area contributed by atoms with E-state index in [-0.39, 0.29) is 23.8 Å².